The standard InChI is InChI=1S/C16H24N2O2/c1-5-18(11-12(2)3)16(20)10-14-6-8-15(9-7-14)17-13(4)19/h6-9,12H,5,10-11H2,1-4H3,(H,17,19). The van der Waals surface area contributed by atoms with Crippen molar-refractivity contribution in [2.75, 3.05) is 18.4 Å². The van der Waals surface area contributed by atoms with Crippen molar-refractivity contribution >= 4 is 17.5 Å². The van der Waals surface area contributed by atoms with Crippen LogP contribution < -0.4 is 5.32 Å². The van der Waals surface area contributed by atoms with E-state index in [1.165, 1.54) is 6.92 Å². The molecule has 2 amide bonds. The zero-order valence-corrected chi connectivity index (χ0v) is 12.8. The number of likely N-dealkylation sites (N-methyl/N-ethyl adjacent to an activating group) is 1. The smallest absolute Gasteiger partial charge is 0.226 e. The summed E-state index contributed by atoms with van der Waals surface area (Å²) in [5.41, 5.74) is 1.72. The van der Waals surface area contributed by atoms with Gasteiger partial charge in [0.15, 0.2) is 0 Å². The maximum atomic E-state index is 12.2. The van der Waals surface area contributed by atoms with Gasteiger partial charge in [0.1, 0.15) is 0 Å². The Balaban J connectivity index is 2.63. The van der Waals surface area contributed by atoms with Crippen molar-refractivity contribution in [3.8, 4) is 0 Å². The van der Waals surface area contributed by atoms with Crippen LogP contribution in [-0.2, 0) is 16.0 Å². The molecule has 0 unspecified atom stereocenters. The predicted molar refractivity (Wildman–Crippen MR) is 81.5 cm³/mol. The van der Waals surface area contributed by atoms with Gasteiger partial charge < -0.3 is 10.2 Å². The topological polar surface area (TPSA) is 49.4 Å². The van der Waals surface area contributed by atoms with E-state index in [0.717, 1.165) is 24.3 Å². The van der Waals surface area contributed by atoms with E-state index in [1.807, 2.05) is 36.1 Å². The van der Waals surface area contributed by atoms with Gasteiger partial charge in [-0.05, 0) is 30.5 Å². The fourth-order valence-corrected chi connectivity index (χ4v) is 2.04. The van der Waals surface area contributed by atoms with Gasteiger partial charge in [-0.2, -0.15) is 0 Å². The third-order valence-corrected chi connectivity index (χ3v) is 2.95. The molecule has 20 heavy (non-hydrogen) atoms. The molecular weight excluding hydrogens is 252 g/mol. The second kappa shape index (κ2) is 7.68. The van der Waals surface area contributed by atoms with Crippen molar-refractivity contribution in [1.82, 2.24) is 4.90 Å². The number of nitrogens with one attached hydrogen (secondary N) is 1. The van der Waals surface area contributed by atoms with Crippen LogP contribution in [0, 0.1) is 5.92 Å². The highest BCUT2D eigenvalue weighted by atomic mass is 16.2. The van der Waals surface area contributed by atoms with E-state index in [0.29, 0.717) is 12.3 Å². The van der Waals surface area contributed by atoms with Crippen LogP contribution in [-0.4, -0.2) is 29.8 Å². The van der Waals surface area contributed by atoms with Crippen molar-refractivity contribution in [2.24, 2.45) is 5.92 Å². The fraction of sp³-hybridized carbons (Fsp3) is 0.500. The number of carbonyl (C=O) groups is 2. The van der Waals surface area contributed by atoms with Crippen molar-refractivity contribution in [1.29, 1.82) is 0 Å². The Morgan fingerprint density at radius 1 is 1.20 bits per heavy atom. The lowest BCUT2D eigenvalue weighted by Crippen LogP contribution is -2.35. The van der Waals surface area contributed by atoms with Crippen LogP contribution in [0.4, 0.5) is 5.69 Å². The number of anilines is 1. The minimum Gasteiger partial charge on any atom is -0.342 e. The zero-order chi connectivity index (χ0) is 15.1. The van der Waals surface area contributed by atoms with E-state index in [4.69, 9.17) is 0 Å². The van der Waals surface area contributed by atoms with E-state index < -0.39 is 0 Å². The lowest BCUT2D eigenvalue weighted by Gasteiger charge is -2.23. The normalized spacial score (nSPS) is 10.4. The Bertz CT molecular complexity index is 452. The van der Waals surface area contributed by atoms with E-state index in [9.17, 15) is 9.59 Å². The number of benzene rings is 1. The van der Waals surface area contributed by atoms with Crippen LogP contribution in [0.2, 0.25) is 0 Å². The minimum atomic E-state index is -0.0945. The van der Waals surface area contributed by atoms with Crippen LogP contribution in [0.3, 0.4) is 0 Å². The summed E-state index contributed by atoms with van der Waals surface area (Å²) < 4.78 is 0. The van der Waals surface area contributed by atoms with E-state index in [-0.39, 0.29) is 11.8 Å². The van der Waals surface area contributed by atoms with Crippen LogP contribution in [0.1, 0.15) is 33.3 Å². The highest BCUT2D eigenvalue weighted by Gasteiger charge is 2.13. The summed E-state index contributed by atoms with van der Waals surface area (Å²) in [6, 6.07) is 7.41. The number of rotatable bonds is 6. The second-order valence-electron chi connectivity index (χ2n) is 5.38. The van der Waals surface area contributed by atoms with Gasteiger partial charge in [-0.3, -0.25) is 9.59 Å². The second-order valence-corrected chi connectivity index (χ2v) is 5.38. The van der Waals surface area contributed by atoms with Crippen molar-refractivity contribution in [2.45, 2.75) is 34.1 Å². The Morgan fingerprint density at radius 3 is 2.25 bits per heavy atom. The zero-order valence-electron chi connectivity index (χ0n) is 12.8. The quantitative estimate of drug-likeness (QED) is 0.868. The van der Waals surface area contributed by atoms with Gasteiger partial charge in [0, 0.05) is 25.7 Å². The molecule has 1 aromatic rings. The third-order valence-electron chi connectivity index (χ3n) is 2.95. The van der Waals surface area contributed by atoms with Crippen LogP contribution in [0.5, 0.6) is 0 Å². The molecule has 0 aromatic heterocycles. The summed E-state index contributed by atoms with van der Waals surface area (Å²) in [6.07, 6.45) is 0.404. The molecule has 0 heterocycles. The molecule has 0 atom stereocenters. The van der Waals surface area contributed by atoms with Gasteiger partial charge in [0.25, 0.3) is 0 Å². The first-order chi connectivity index (χ1) is 9.42. The molecule has 0 saturated heterocycles. The summed E-state index contributed by atoms with van der Waals surface area (Å²) in [5.74, 6) is 0.525. The highest BCUT2D eigenvalue weighted by molar-refractivity contribution is 5.88. The van der Waals surface area contributed by atoms with E-state index in [1.54, 1.807) is 0 Å². The number of carbonyl (C=O) groups excluding carboxylic acids is 2. The van der Waals surface area contributed by atoms with Gasteiger partial charge in [-0.1, -0.05) is 26.0 Å². The molecule has 1 aromatic carbocycles. The molecule has 0 radical (unpaired) electrons. The van der Waals surface area contributed by atoms with Gasteiger partial charge >= 0.3 is 0 Å². The lowest BCUT2D eigenvalue weighted by atomic mass is 10.1. The van der Waals surface area contributed by atoms with Gasteiger partial charge in [-0.25, -0.2) is 0 Å². The Hall–Kier alpha value is -1.84. The molecule has 4 nitrogen and oxygen atoms in total. The number of nitrogens with zero attached hydrogens (tertiary/aromatic N) is 1. The van der Waals surface area contributed by atoms with Gasteiger partial charge in [0.2, 0.25) is 11.8 Å². The summed E-state index contributed by atoms with van der Waals surface area (Å²) in [7, 11) is 0. The number of hydrogen-bond donors (Lipinski definition) is 1. The molecule has 0 spiro atoms. The molecular formula is C16H24N2O2. The minimum absolute atomic E-state index is 0.0945. The Labute approximate surface area is 121 Å². The summed E-state index contributed by atoms with van der Waals surface area (Å²) in [6.45, 7) is 9.22. The SMILES string of the molecule is CCN(CC(C)C)C(=O)Cc1ccc(NC(C)=O)cc1. The number of amides is 2. The van der Waals surface area contributed by atoms with Crippen LogP contribution >= 0.6 is 0 Å². The van der Waals surface area contributed by atoms with E-state index in [2.05, 4.69) is 19.2 Å². The molecule has 1 rings (SSSR count). The molecule has 0 bridgehead atoms. The maximum absolute atomic E-state index is 12.2. The van der Waals surface area contributed by atoms with E-state index >= 15 is 0 Å². The Morgan fingerprint density at radius 2 is 1.80 bits per heavy atom. The summed E-state index contributed by atoms with van der Waals surface area (Å²) >= 11 is 0. The Kier molecular flexibility index (Phi) is 6.22. The average Bonchev–Trinajstić information content (AvgIpc) is 2.37. The summed E-state index contributed by atoms with van der Waals surface area (Å²) in [5, 5.41) is 2.71. The lowest BCUT2D eigenvalue weighted by molar-refractivity contribution is -0.130. The molecule has 0 aliphatic heterocycles. The predicted octanol–water partition coefficient (Wildman–Crippen LogP) is 2.69. The molecule has 4 heteroatoms. The molecule has 0 fully saturated rings. The van der Waals surface area contributed by atoms with Crippen molar-refractivity contribution < 1.29 is 9.59 Å². The first-order valence-electron chi connectivity index (χ1n) is 7.06. The number of hydrogen-bond acceptors (Lipinski definition) is 2. The largest absolute Gasteiger partial charge is 0.342 e. The molecule has 1 N–H and O–H groups in total. The maximum Gasteiger partial charge on any atom is 0.226 e. The first-order valence-corrected chi connectivity index (χ1v) is 7.06. The van der Waals surface area contributed by atoms with Crippen LogP contribution in [0.25, 0.3) is 0 Å². The van der Waals surface area contributed by atoms with Gasteiger partial charge in [-0.15, -0.1) is 0 Å². The molecule has 0 aliphatic carbocycles. The van der Waals surface area contributed by atoms with Crippen molar-refractivity contribution in [3.05, 3.63) is 29.8 Å². The summed E-state index contributed by atoms with van der Waals surface area (Å²) in [4.78, 5) is 25.0. The van der Waals surface area contributed by atoms with Crippen LogP contribution in [0.15, 0.2) is 24.3 Å². The monoisotopic (exact) mass is 276 g/mol. The average molecular weight is 276 g/mol. The molecule has 0 saturated carbocycles. The highest BCUT2D eigenvalue weighted by Crippen LogP contribution is 2.11. The third kappa shape index (κ3) is 5.43. The van der Waals surface area contributed by atoms with Gasteiger partial charge in [0.05, 0.1) is 6.42 Å². The molecule has 0 aliphatic rings. The fourth-order valence-electron chi connectivity index (χ4n) is 2.04. The first kappa shape index (κ1) is 16.2. The van der Waals surface area contributed by atoms with Crippen molar-refractivity contribution in [3.63, 3.8) is 0 Å². The molecule has 110 valence electrons.